The van der Waals surface area contributed by atoms with Gasteiger partial charge in [-0.3, -0.25) is 5.10 Å². The highest BCUT2D eigenvalue weighted by Crippen LogP contribution is 2.20. The van der Waals surface area contributed by atoms with Crippen LogP contribution in [-0.4, -0.2) is 22.4 Å². The van der Waals surface area contributed by atoms with Crippen molar-refractivity contribution in [2.45, 2.75) is 0 Å². The molecule has 0 saturated carbocycles. The molecule has 6 nitrogen and oxygen atoms in total. The molecule has 0 unspecified atom stereocenters. The van der Waals surface area contributed by atoms with Crippen LogP contribution in [0.1, 0.15) is 5.56 Å². The molecule has 2 rings (SSSR count). The molecule has 0 radical (unpaired) electrons. The van der Waals surface area contributed by atoms with Crippen molar-refractivity contribution in [2.75, 3.05) is 0 Å². The fraction of sp³-hybridized carbons (Fsp3) is 0. The number of nitrogens with two attached hydrogens (primary N) is 1. The molecule has 0 spiro atoms. The van der Waals surface area contributed by atoms with Crippen molar-refractivity contribution in [2.24, 2.45) is 10.8 Å². The van der Waals surface area contributed by atoms with Crippen LogP contribution in [0.5, 0.6) is 0 Å². The average Bonchev–Trinajstić information content (AvgIpc) is 2.60. The lowest BCUT2D eigenvalue weighted by atomic mass is 10.2. The lowest BCUT2D eigenvalue weighted by Crippen LogP contribution is -2.24. The number of hydrazone groups is 1. The van der Waals surface area contributed by atoms with E-state index in [1.807, 2.05) is 0 Å². The maximum atomic E-state index is 10.4. The number of urea groups is 1. The standard InChI is InChI=1S/C9H8ClN5O/c10-8-6-3-5(4-12-15-9(11)16)1-2-7(6)13-14-8/h1-4H,(H,13,14)(H3,11,15,16). The van der Waals surface area contributed by atoms with Crippen molar-refractivity contribution in [3.8, 4) is 0 Å². The Bertz CT molecular complexity index is 562. The van der Waals surface area contributed by atoms with Gasteiger partial charge in [-0.15, -0.1) is 0 Å². The number of rotatable bonds is 2. The van der Waals surface area contributed by atoms with E-state index in [0.29, 0.717) is 5.15 Å². The summed E-state index contributed by atoms with van der Waals surface area (Å²) >= 11 is 5.88. The van der Waals surface area contributed by atoms with Crippen molar-refractivity contribution < 1.29 is 4.79 Å². The number of benzene rings is 1. The lowest BCUT2D eigenvalue weighted by molar-refractivity contribution is 0.249. The number of fused-ring (bicyclic) bond motifs is 1. The van der Waals surface area contributed by atoms with Crippen LogP contribution in [0.2, 0.25) is 5.15 Å². The third kappa shape index (κ3) is 2.12. The summed E-state index contributed by atoms with van der Waals surface area (Å²) in [5, 5.41) is 11.5. The van der Waals surface area contributed by atoms with Gasteiger partial charge in [0.05, 0.1) is 11.7 Å². The second-order valence-corrected chi connectivity index (χ2v) is 3.43. The van der Waals surface area contributed by atoms with Gasteiger partial charge in [-0.25, -0.2) is 10.2 Å². The van der Waals surface area contributed by atoms with Crippen LogP contribution in [0.25, 0.3) is 10.9 Å². The van der Waals surface area contributed by atoms with Gasteiger partial charge in [-0.05, 0) is 17.7 Å². The summed E-state index contributed by atoms with van der Waals surface area (Å²) in [7, 11) is 0. The first-order valence-corrected chi connectivity index (χ1v) is 4.77. The Labute approximate surface area is 95.5 Å². The number of nitrogens with one attached hydrogen (secondary N) is 2. The molecule has 1 aromatic carbocycles. The highest BCUT2D eigenvalue weighted by atomic mass is 35.5. The van der Waals surface area contributed by atoms with Gasteiger partial charge in [0.1, 0.15) is 5.15 Å². The zero-order chi connectivity index (χ0) is 11.5. The van der Waals surface area contributed by atoms with Gasteiger partial charge >= 0.3 is 6.03 Å². The molecule has 2 aromatic rings. The number of halogens is 1. The van der Waals surface area contributed by atoms with E-state index < -0.39 is 6.03 Å². The van der Waals surface area contributed by atoms with E-state index in [1.165, 1.54) is 6.21 Å². The fourth-order valence-electron chi connectivity index (χ4n) is 1.25. The summed E-state index contributed by atoms with van der Waals surface area (Å²) in [6, 6.07) is 4.68. The van der Waals surface area contributed by atoms with Crippen molar-refractivity contribution in [3.63, 3.8) is 0 Å². The normalized spacial score (nSPS) is 11.1. The Morgan fingerprint density at radius 2 is 2.44 bits per heavy atom. The number of H-pyrrole nitrogens is 1. The maximum Gasteiger partial charge on any atom is 0.332 e. The summed E-state index contributed by atoms with van der Waals surface area (Å²) < 4.78 is 0. The van der Waals surface area contributed by atoms with E-state index in [1.54, 1.807) is 18.2 Å². The van der Waals surface area contributed by atoms with Gasteiger partial charge in [-0.2, -0.15) is 10.2 Å². The second-order valence-electron chi connectivity index (χ2n) is 3.05. The van der Waals surface area contributed by atoms with Gasteiger partial charge < -0.3 is 5.73 Å². The molecular formula is C9H8ClN5O. The highest BCUT2D eigenvalue weighted by molar-refractivity contribution is 6.34. The van der Waals surface area contributed by atoms with Gasteiger partial charge in [0.2, 0.25) is 0 Å². The van der Waals surface area contributed by atoms with Crippen molar-refractivity contribution >= 4 is 34.7 Å². The number of hydrogen-bond donors (Lipinski definition) is 3. The summed E-state index contributed by atoms with van der Waals surface area (Å²) in [6.45, 7) is 0. The fourth-order valence-corrected chi connectivity index (χ4v) is 1.44. The minimum atomic E-state index is -0.710. The molecule has 82 valence electrons. The van der Waals surface area contributed by atoms with Gasteiger partial charge in [0.15, 0.2) is 0 Å². The molecule has 7 heteroatoms. The molecule has 0 saturated heterocycles. The molecule has 1 aromatic heterocycles. The summed E-state index contributed by atoms with van der Waals surface area (Å²) in [4.78, 5) is 10.4. The quantitative estimate of drug-likeness (QED) is 0.541. The van der Waals surface area contributed by atoms with E-state index in [9.17, 15) is 4.79 Å². The van der Waals surface area contributed by atoms with Crippen molar-refractivity contribution in [1.29, 1.82) is 0 Å². The SMILES string of the molecule is NC(=O)NN=Cc1ccc2n[nH]c(Cl)c2c1. The van der Waals surface area contributed by atoms with E-state index in [2.05, 4.69) is 20.7 Å². The average molecular weight is 238 g/mol. The molecular weight excluding hydrogens is 230 g/mol. The summed E-state index contributed by atoms with van der Waals surface area (Å²) in [5.41, 5.74) is 8.51. The van der Waals surface area contributed by atoms with Crippen molar-refractivity contribution in [1.82, 2.24) is 15.6 Å². The third-order valence-corrected chi connectivity index (χ3v) is 2.21. The zero-order valence-electron chi connectivity index (χ0n) is 8.07. The first kappa shape index (κ1) is 10.4. The second kappa shape index (κ2) is 4.19. The summed E-state index contributed by atoms with van der Waals surface area (Å²) in [6.07, 6.45) is 1.47. The van der Waals surface area contributed by atoms with Crippen LogP contribution in [0.4, 0.5) is 4.79 Å². The van der Waals surface area contributed by atoms with Gasteiger partial charge in [-0.1, -0.05) is 17.7 Å². The Balaban J connectivity index is 2.28. The first-order valence-electron chi connectivity index (χ1n) is 4.39. The smallest absolute Gasteiger partial charge is 0.332 e. The zero-order valence-corrected chi connectivity index (χ0v) is 8.82. The van der Waals surface area contributed by atoms with Gasteiger partial charge in [0.25, 0.3) is 0 Å². The lowest BCUT2D eigenvalue weighted by Gasteiger charge is -1.94. The van der Waals surface area contributed by atoms with Crippen LogP contribution in [-0.2, 0) is 0 Å². The van der Waals surface area contributed by atoms with E-state index in [-0.39, 0.29) is 0 Å². The molecule has 4 N–H and O–H groups in total. The predicted octanol–water partition coefficient (Wildman–Crippen LogP) is 1.22. The Kier molecular flexibility index (Phi) is 2.74. The minimum Gasteiger partial charge on any atom is -0.350 e. The van der Waals surface area contributed by atoms with Gasteiger partial charge in [0, 0.05) is 5.39 Å². The molecule has 1 heterocycles. The number of carbonyl (C=O) groups excluding carboxylic acids is 1. The Morgan fingerprint density at radius 1 is 1.62 bits per heavy atom. The van der Waals surface area contributed by atoms with E-state index in [0.717, 1.165) is 16.5 Å². The van der Waals surface area contributed by atoms with E-state index in [4.69, 9.17) is 17.3 Å². The van der Waals surface area contributed by atoms with E-state index >= 15 is 0 Å². The van der Waals surface area contributed by atoms with Crippen LogP contribution in [0, 0.1) is 0 Å². The largest absolute Gasteiger partial charge is 0.350 e. The molecule has 2 amide bonds. The topological polar surface area (TPSA) is 96.2 Å². The number of aromatic nitrogens is 2. The molecule has 0 aliphatic carbocycles. The number of hydrogen-bond acceptors (Lipinski definition) is 3. The molecule has 0 aliphatic heterocycles. The minimum absolute atomic E-state index is 0.466. The number of nitrogens with zero attached hydrogens (tertiary/aromatic N) is 2. The summed E-state index contributed by atoms with van der Waals surface area (Å²) in [5.74, 6) is 0. The number of carbonyl (C=O) groups is 1. The molecule has 16 heavy (non-hydrogen) atoms. The highest BCUT2D eigenvalue weighted by Gasteiger charge is 2.02. The number of amides is 2. The molecule has 0 bridgehead atoms. The Hall–Kier alpha value is -2.08. The predicted molar refractivity (Wildman–Crippen MR) is 61.4 cm³/mol. The molecule has 0 atom stereocenters. The number of primary amides is 1. The monoisotopic (exact) mass is 237 g/mol. The maximum absolute atomic E-state index is 10.4. The number of aromatic amines is 1. The van der Waals surface area contributed by atoms with Crippen molar-refractivity contribution in [3.05, 3.63) is 28.9 Å². The Morgan fingerprint density at radius 3 is 3.19 bits per heavy atom. The third-order valence-electron chi connectivity index (χ3n) is 1.92. The van der Waals surface area contributed by atoms with Crippen LogP contribution >= 0.6 is 11.6 Å². The van der Waals surface area contributed by atoms with Crippen LogP contribution in [0.15, 0.2) is 23.3 Å². The van der Waals surface area contributed by atoms with Crippen LogP contribution < -0.4 is 11.2 Å². The van der Waals surface area contributed by atoms with Crippen LogP contribution in [0.3, 0.4) is 0 Å². The molecule has 0 fully saturated rings. The first-order chi connectivity index (χ1) is 7.66. The molecule has 0 aliphatic rings.